The zero-order valence-electron chi connectivity index (χ0n) is 18.3. The fourth-order valence-electron chi connectivity index (χ4n) is 4.33. The van der Waals surface area contributed by atoms with Gasteiger partial charge >= 0.3 is 11.7 Å². The molecule has 0 saturated carbocycles. The van der Waals surface area contributed by atoms with E-state index in [2.05, 4.69) is 9.88 Å². The van der Waals surface area contributed by atoms with Crippen LogP contribution in [0.3, 0.4) is 0 Å². The van der Waals surface area contributed by atoms with Crippen LogP contribution in [0.5, 0.6) is 5.75 Å². The Morgan fingerprint density at radius 1 is 1.03 bits per heavy atom. The maximum atomic E-state index is 13.2. The van der Waals surface area contributed by atoms with Crippen molar-refractivity contribution in [3.8, 4) is 5.75 Å². The lowest BCUT2D eigenvalue weighted by molar-refractivity contribution is 0.0601. The van der Waals surface area contributed by atoms with Gasteiger partial charge in [-0.15, -0.1) is 0 Å². The Bertz CT molecular complexity index is 1220. The standard InChI is InChI=1S/C24H27N3O5/c1-31-18-9-6-16(7-10-18)21(26-12-4-3-5-13-26)15-27-22(28)19-11-8-17(23(29)32-2)14-20(19)25-24(27)30/h6-11,14,21H,3-5,12-13,15H2,1-2H3,(H,25,30)/t21-/m0/s1. The quantitative estimate of drug-likeness (QED) is 0.596. The summed E-state index contributed by atoms with van der Waals surface area (Å²) in [5.41, 5.74) is 0.742. The van der Waals surface area contributed by atoms with E-state index in [1.54, 1.807) is 13.2 Å². The molecule has 1 fully saturated rings. The maximum absolute atomic E-state index is 13.2. The number of carbonyl (C=O) groups is 1. The second-order valence-corrected chi connectivity index (χ2v) is 7.98. The van der Waals surface area contributed by atoms with E-state index in [4.69, 9.17) is 9.47 Å². The number of nitrogens with zero attached hydrogens (tertiary/aromatic N) is 2. The van der Waals surface area contributed by atoms with Crippen molar-refractivity contribution in [2.75, 3.05) is 27.3 Å². The first-order valence-corrected chi connectivity index (χ1v) is 10.7. The minimum Gasteiger partial charge on any atom is -0.497 e. The summed E-state index contributed by atoms with van der Waals surface area (Å²) >= 11 is 0. The lowest BCUT2D eigenvalue weighted by Gasteiger charge is -2.35. The first-order chi connectivity index (χ1) is 15.5. The van der Waals surface area contributed by atoms with Gasteiger partial charge < -0.3 is 14.5 Å². The molecule has 2 aromatic carbocycles. The van der Waals surface area contributed by atoms with E-state index in [9.17, 15) is 14.4 Å². The van der Waals surface area contributed by atoms with Gasteiger partial charge in [0.15, 0.2) is 0 Å². The van der Waals surface area contributed by atoms with Crippen LogP contribution in [0.4, 0.5) is 0 Å². The molecule has 1 aliphatic rings. The van der Waals surface area contributed by atoms with Crippen LogP contribution in [-0.4, -0.2) is 47.7 Å². The van der Waals surface area contributed by atoms with Crippen molar-refractivity contribution in [1.82, 2.24) is 14.5 Å². The number of likely N-dealkylation sites (tertiary alicyclic amines) is 1. The predicted octanol–water partition coefficient (Wildman–Crippen LogP) is 2.71. The number of aromatic nitrogens is 2. The highest BCUT2D eigenvalue weighted by Crippen LogP contribution is 2.27. The summed E-state index contributed by atoms with van der Waals surface area (Å²) in [6.07, 6.45) is 3.36. The van der Waals surface area contributed by atoms with Gasteiger partial charge in [0.2, 0.25) is 0 Å². The summed E-state index contributed by atoms with van der Waals surface area (Å²) < 4.78 is 11.3. The molecule has 0 bridgehead atoms. The number of methoxy groups -OCH3 is 2. The van der Waals surface area contributed by atoms with Gasteiger partial charge in [-0.25, -0.2) is 9.59 Å². The number of H-pyrrole nitrogens is 1. The Labute approximate surface area is 185 Å². The summed E-state index contributed by atoms with van der Waals surface area (Å²) in [5.74, 6) is 0.231. The average Bonchev–Trinajstić information content (AvgIpc) is 2.84. The Morgan fingerprint density at radius 2 is 1.75 bits per heavy atom. The second kappa shape index (κ2) is 9.40. The van der Waals surface area contributed by atoms with E-state index in [1.807, 2.05) is 24.3 Å². The van der Waals surface area contributed by atoms with E-state index in [-0.39, 0.29) is 23.7 Å². The van der Waals surface area contributed by atoms with Gasteiger partial charge in [-0.2, -0.15) is 0 Å². The lowest BCUT2D eigenvalue weighted by Crippen LogP contribution is -2.42. The molecule has 0 aliphatic carbocycles. The largest absolute Gasteiger partial charge is 0.497 e. The van der Waals surface area contributed by atoms with E-state index in [0.717, 1.165) is 37.2 Å². The molecule has 1 aromatic heterocycles. The van der Waals surface area contributed by atoms with Gasteiger partial charge in [-0.3, -0.25) is 14.3 Å². The zero-order chi connectivity index (χ0) is 22.7. The SMILES string of the molecule is COC(=O)c1ccc2c(=O)n(C[C@@H](c3ccc(OC)cc3)N3CCCCC3)c(=O)[nH]c2c1. The maximum Gasteiger partial charge on any atom is 0.337 e. The molecule has 168 valence electrons. The predicted molar refractivity (Wildman–Crippen MR) is 121 cm³/mol. The Balaban J connectivity index is 1.75. The number of aromatic amines is 1. The summed E-state index contributed by atoms with van der Waals surface area (Å²) in [6, 6.07) is 12.2. The van der Waals surface area contributed by atoms with E-state index >= 15 is 0 Å². The van der Waals surface area contributed by atoms with Crippen molar-refractivity contribution in [3.63, 3.8) is 0 Å². The number of piperidine rings is 1. The highest BCUT2D eigenvalue weighted by molar-refractivity contribution is 5.93. The van der Waals surface area contributed by atoms with Gasteiger partial charge in [-0.1, -0.05) is 18.6 Å². The average molecular weight is 437 g/mol. The topological polar surface area (TPSA) is 93.6 Å². The molecule has 0 unspecified atom stereocenters. The van der Waals surface area contributed by atoms with E-state index in [1.165, 1.54) is 30.2 Å². The fraction of sp³-hybridized carbons (Fsp3) is 0.375. The van der Waals surface area contributed by atoms with Crippen molar-refractivity contribution >= 4 is 16.9 Å². The zero-order valence-corrected chi connectivity index (χ0v) is 18.3. The molecular weight excluding hydrogens is 410 g/mol. The number of fused-ring (bicyclic) bond motifs is 1. The third-order valence-electron chi connectivity index (χ3n) is 6.09. The van der Waals surface area contributed by atoms with Crippen LogP contribution in [0.25, 0.3) is 10.9 Å². The molecule has 1 N–H and O–H groups in total. The van der Waals surface area contributed by atoms with Gasteiger partial charge in [0.05, 0.1) is 43.3 Å². The number of hydrogen-bond acceptors (Lipinski definition) is 6. The molecule has 8 heteroatoms. The highest BCUT2D eigenvalue weighted by Gasteiger charge is 2.24. The molecule has 0 radical (unpaired) electrons. The molecule has 32 heavy (non-hydrogen) atoms. The molecule has 1 atom stereocenters. The summed E-state index contributed by atoms with van der Waals surface area (Å²) in [5, 5.41) is 0.351. The monoisotopic (exact) mass is 437 g/mol. The van der Waals surface area contributed by atoms with E-state index < -0.39 is 11.7 Å². The smallest absolute Gasteiger partial charge is 0.337 e. The Morgan fingerprint density at radius 3 is 2.41 bits per heavy atom. The van der Waals surface area contributed by atoms with Crippen LogP contribution in [0.15, 0.2) is 52.1 Å². The number of nitrogens with one attached hydrogen (secondary N) is 1. The van der Waals surface area contributed by atoms with Crippen LogP contribution in [-0.2, 0) is 11.3 Å². The molecule has 0 amide bonds. The molecular formula is C24H27N3O5. The molecule has 2 heterocycles. The van der Waals surface area contributed by atoms with Crippen LogP contribution in [0, 0.1) is 0 Å². The third kappa shape index (κ3) is 4.31. The molecule has 0 spiro atoms. The number of rotatable bonds is 6. The Kier molecular flexibility index (Phi) is 6.41. The Hall–Kier alpha value is -3.39. The number of benzene rings is 2. The molecule has 1 aliphatic heterocycles. The van der Waals surface area contributed by atoms with Gasteiger partial charge in [-0.05, 0) is 61.8 Å². The van der Waals surface area contributed by atoms with Crippen molar-refractivity contribution in [3.05, 3.63) is 74.4 Å². The van der Waals surface area contributed by atoms with Crippen LogP contribution in [0.2, 0.25) is 0 Å². The highest BCUT2D eigenvalue weighted by atomic mass is 16.5. The number of esters is 1. The van der Waals surface area contributed by atoms with Crippen molar-refractivity contribution in [2.45, 2.75) is 31.8 Å². The summed E-state index contributed by atoms with van der Waals surface area (Å²) in [4.78, 5) is 43.0. The van der Waals surface area contributed by atoms with E-state index in [0.29, 0.717) is 10.9 Å². The van der Waals surface area contributed by atoms with Crippen LogP contribution >= 0.6 is 0 Å². The van der Waals surface area contributed by atoms with Crippen LogP contribution < -0.4 is 16.0 Å². The summed E-state index contributed by atoms with van der Waals surface area (Å²) in [6.45, 7) is 2.06. The molecule has 8 nitrogen and oxygen atoms in total. The lowest BCUT2D eigenvalue weighted by atomic mass is 10.0. The first-order valence-electron chi connectivity index (χ1n) is 10.7. The van der Waals surface area contributed by atoms with Crippen LogP contribution in [0.1, 0.15) is 41.2 Å². The van der Waals surface area contributed by atoms with Crippen molar-refractivity contribution in [2.24, 2.45) is 0 Å². The number of hydrogen-bond donors (Lipinski definition) is 1. The van der Waals surface area contributed by atoms with Gasteiger partial charge in [0, 0.05) is 0 Å². The van der Waals surface area contributed by atoms with Gasteiger partial charge in [0.1, 0.15) is 5.75 Å². The number of carbonyl (C=O) groups excluding carboxylic acids is 1. The molecule has 4 rings (SSSR count). The van der Waals surface area contributed by atoms with Crippen molar-refractivity contribution < 1.29 is 14.3 Å². The fourth-order valence-corrected chi connectivity index (χ4v) is 4.33. The normalized spacial score (nSPS) is 15.4. The molecule has 3 aromatic rings. The number of ether oxygens (including phenoxy) is 2. The molecule has 1 saturated heterocycles. The third-order valence-corrected chi connectivity index (χ3v) is 6.09. The second-order valence-electron chi connectivity index (χ2n) is 7.98. The first kappa shape index (κ1) is 21.8. The minimum absolute atomic E-state index is 0.119. The van der Waals surface area contributed by atoms with Crippen molar-refractivity contribution in [1.29, 1.82) is 0 Å². The summed E-state index contributed by atoms with van der Waals surface area (Å²) in [7, 11) is 2.91. The minimum atomic E-state index is -0.526. The van der Waals surface area contributed by atoms with Gasteiger partial charge in [0.25, 0.3) is 5.56 Å².